The van der Waals surface area contributed by atoms with Crippen LogP contribution in [0.1, 0.15) is 19.8 Å². The molecule has 0 aromatic carbocycles. The van der Waals surface area contributed by atoms with E-state index in [1.54, 1.807) is 0 Å². The molecule has 1 unspecified atom stereocenters. The number of fused-ring (bicyclic) bond motifs is 1. The fourth-order valence-corrected chi connectivity index (χ4v) is 3.20. The van der Waals surface area contributed by atoms with Gasteiger partial charge in [0.1, 0.15) is 0 Å². The Balaban J connectivity index is 0.000000550. The van der Waals surface area contributed by atoms with Crippen LogP contribution < -0.4 is 0 Å². The van der Waals surface area contributed by atoms with Crippen LogP contribution in [0.25, 0.3) is 0 Å². The molecule has 0 bridgehead atoms. The zero-order chi connectivity index (χ0) is 14.6. The van der Waals surface area contributed by atoms with Crippen molar-refractivity contribution >= 4 is 6.15 Å². The normalized spacial score (nSPS) is 41.3. The molecule has 2 aliphatic heterocycles. The molecule has 2 fully saturated rings. The minimum Gasteiger partial charge on any atom is -0.395 e. The standard InChI is InChI=1S/C11H21NO4.CO2/c1-2-3-6-4-12-7(5-13)10(15)11(16)8(12)9(6)14;2-1-3/h6-11,13-16H,2-5H2,1H3;/t6?,7-,8-,9-,10-,11-;/m1./s1. The monoisotopic (exact) mass is 275 g/mol. The average Bonchev–Trinajstić information content (AvgIpc) is 2.80. The van der Waals surface area contributed by atoms with Gasteiger partial charge in [0, 0.05) is 6.54 Å². The van der Waals surface area contributed by atoms with Crippen LogP contribution in [-0.2, 0) is 9.59 Å². The van der Waals surface area contributed by atoms with Crippen molar-refractivity contribution in [1.82, 2.24) is 4.90 Å². The number of carbonyl (C=O) groups excluding carboxylic acids is 2. The van der Waals surface area contributed by atoms with Crippen molar-refractivity contribution in [3.63, 3.8) is 0 Å². The molecule has 0 spiro atoms. The molecule has 2 heterocycles. The molecule has 7 nitrogen and oxygen atoms in total. The quantitative estimate of drug-likeness (QED) is 0.468. The zero-order valence-electron chi connectivity index (χ0n) is 10.8. The van der Waals surface area contributed by atoms with E-state index in [1.165, 1.54) is 0 Å². The highest BCUT2D eigenvalue weighted by Gasteiger charge is 2.55. The second-order valence-corrected chi connectivity index (χ2v) is 5.04. The Bertz CT molecular complexity index is 319. The second kappa shape index (κ2) is 7.09. The third-order valence-corrected chi connectivity index (χ3v) is 4.03. The van der Waals surface area contributed by atoms with E-state index in [0.717, 1.165) is 12.8 Å². The topological polar surface area (TPSA) is 118 Å². The molecule has 0 aliphatic carbocycles. The maximum Gasteiger partial charge on any atom is 0.373 e. The summed E-state index contributed by atoms with van der Waals surface area (Å²) in [4.78, 5) is 18.1. The Kier molecular flexibility index (Phi) is 6.06. The highest BCUT2D eigenvalue weighted by atomic mass is 16.3. The van der Waals surface area contributed by atoms with Gasteiger partial charge in [0.05, 0.1) is 37.0 Å². The van der Waals surface area contributed by atoms with Crippen LogP contribution in [0.2, 0.25) is 0 Å². The van der Waals surface area contributed by atoms with Gasteiger partial charge >= 0.3 is 6.15 Å². The first-order valence-corrected chi connectivity index (χ1v) is 6.43. The molecule has 2 aliphatic rings. The summed E-state index contributed by atoms with van der Waals surface area (Å²) in [6.07, 6.45) is -0.345. The van der Waals surface area contributed by atoms with Gasteiger partial charge in [-0.3, -0.25) is 4.90 Å². The first kappa shape index (κ1) is 16.2. The van der Waals surface area contributed by atoms with E-state index >= 15 is 0 Å². The van der Waals surface area contributed by atoms with Gasteiger partial charge in [-0.05, 0) is 12.3 Å². The van der Waals surface area contributed by atoms with E-state index < -0.39 is 30.4 Å². The van der Waals surface area contributed by atoms with Crippen molar-refractivity contribution in [2.45, 2.75) is 50.2 Å². The minimum absolute atomic E-state index is 0.145. The van der Waals surface area contributed by atoms with Crippen molar-refractivity contribution < 1.29 is 30.0 Å². The molecule has 6 atom stereocenters. The molecular weight excluding hydrogens is 254 g/mol. The van der Waals surface area contributed by atoms with E-state index in [4.69, 9.17) is 9.59 Å². The van der Waals surface area contributed by atoms with Crippen LogP contribution in [0.15, 0.2) is 0 Å². The maximum absolute atomic E-state index is 10.1. The Hall–Kier alpha value is -0.820. The van der Waals surface area contributed by atoms with E-state index in [-0.39, 0.29) is 18.7 Å². The maximum atomic E-state index is 10.1. The minimum atomic E-state index is -0.952. The lowest BCUT2D eigenvalue weighted by Crippen LogP contribution is -2.40. The largest absolute Gasteiger partial charge is 0.395 e. The predicted molar refractivity (Wildman–Crippen MR) is 62.8 cm³/mol. The van der Waals surface area contributed by atoms with Crippen molar-refractivity contribution in [3.05, 3.63) is 0 Å². The number of aliphatic hydroxyl groups excluding tert-OH is 4. The molecule has 2 rings (SSSR count). The summed E-state index contributed by atoms with van der Waals surface area (Å²) >= 11 is 0. The molecule has 0 aromatic heterocycles. The van der Waals surface area contributed by atoms with Gasteiger partial charge in [-0.1, -0.05) is 13.3 Å². The van der Waals surface area contributed by atoms with Crippen LogP contribution in [0.4, 0.5) is 0 Å². The van der Waals surface area contributed by atoms with Gasteiger partial charge in [0.15, 0.2) is 0 Å². The van der Waals surface area contributed by atoms with Gasteiger partial charge in [-0.15, -0.1) is 0 Å². The van der Waals surface area contributed by atoms with Crippen LogP contribution in [-0.4, -0.2) is 75.0 Å². The summed E-state index contributed by atoms with van der Waals surface area (Å²) in [6, 6.07) is -0.847. The lowest BCUT2D eigenvalue weighted by Gasteiger charge is -2.22. The van der Waals surface area contributed by atoms with Crippen LogP contribution in [0, 0.1) is 5.92 Å². The summed E-state index contributed by atoms with van der Waals surface area (Å²) in [5.41, 5.74) is 0. The van der Waals surface area contributed by atoms with Crippen molar-refractivity contribution in [2.75, 3.05) is 13.2 Å². The summed E-state index contributed by atoms with van der Waals surface area (Å²) in [5.74, 6) is 0.145. The van der Waals surface area contributed by atoms with E-state index in [1.807, 2.05) is 4.90 Å². The fraction of sp³-hybridized carbons (Fsp3) is 0.917. The molecule has 4 N–H and O–H groups in total. The lowest BCUT2D eigenvalue weighted by atomic mass is 9.93. The summed E-state index contributed by atoms with van der Waals surface area (Å²) in [7, 11) is 0. The molecule has 2 saturated heterocycles. The lowest BCUT2D eigenvalue weighted by molar-refractivity contribution is -0.191. The molecule has 7 heteroatoms. The third kappa shape index (κ3) is 3.02. The Morgan fingerprint density at radius 3 is 2.21 bits per heavy atom. The molecule has 0 aromatic rings. The number of rotatable bonds is 3. The SMILES string of the molecule is CCCC1CN2[C@@H]([C@@H](O)[C@H](O)[C@H]2CO)[C@@H]1O.O=C=O. The fourth-order valence-electron chi connectivity index (χ4n) is 3.20. The zero-order valence-corrected chi connectivity index (χ0v) is 10.8. The second-order valence-electron chi connectivity index (χ2n) is 5.04. The Morgan fingerprint density at radius 1 is 1.16 bits per heavy atom. The van der Waals surface area contributed by atoms with Crippen LogP contribution in [0.5, 0.6) is 0 Å². The smallest absolute Gasteiger partial charge is 0.373 e. The number of hydrogen-bond acceptors (Lipinski definition) is 7. The number of nitrogens with zero attached hydrogens (tertiary/aromatic N) is 1. The molecule has 0 amide bonds. The number of hydrogen-bond donors (Lipinski definition) is 4. The summed E-state index contributed by atoms with van der Waals surface area (Å²) in [5, 5.41) is 38.9. The van der Waals surface area contributed by atoms with Crippen molar-refractivity contribution in [1.29, 1.82) is 0 Å². The predicted octanol–water partition coefficient (Wildman–Crippen LogP) is -2.04. The Morgan fingerprint density at radius 2 is 1.74 bits per heavy atom. The molecular formula is C12H21NO6. The molecule has 110 valence electrons. The van der Waals surface area contributed by atoms with Gasteiger partial charge < -0.3 is 20.4 Å². The van der Waals surface area contributed by atoms with E-state index in [0.29, 0.717) is 6.54 Å². The number of aliphatic hydroxyl groups is 4. The van der Waals surface area contributed by atoms with Crippen molar-refractivity contribution in [3.8, 4) is 0 Å². The first-order valence-electron chi connectivity index (χ1n) is 6.43. The molecule has 19 heavy (non-hydrogen) atoms. The molecule has 0 radical (unpaired) electrons. The van der Waals surface area contributed by atoms with Crippen LogP contribution >= 0.6 is 0 Å². The van der Waals surface area contributed by atoms with Crippen molar-refractivity contribution in [2.24, 2.45) is 5.92 Å². The first-order chi connectivity index (χ1) is 9.03. The summed E-state index contributed by atoms with van der Waals surface area (Å²) < 4.78 is 0. The van der Waals surface area contributed by atoms with Gasteiger partial charge in [-0.2, -0.15) is 9.59 Å². The van der Waals surface area contributed by atoms with E-state index in [9.17, 15) is 20.4 Å². The van der Waals surface area contributed by atoms with Gasteiger partial charge in [0.25, 0.3) is 0 Å². The third-order valence-electron chi connectivity index (χ3n) is 4.03. The molecule has 0 saturated carbocycles. The highest BCUT2D eigenvalue weighted by Crippen LogP contribution is 2.37. The van der Waals surface area contributed by atoms with Gasteiger partial charge in [0.2, 0.25) is 0 Å². The Labute approximate surface area is 111 Å². The van der Waals surface area contributed by atoms with E-state index in [2.05, 4.69) is 6.92 Å². The average molecular weight is 275 g/mol. The van der Waals surface area contributed by atoms with Crippen LogP contribution in [0.3, 0.4) is 0 Å². The highest BCUT2D eigenvalue weighted by molar-refractivity contribution is 5.20. The van der Waals surface area contributed by atoms with Gasteiger partial charge in [-0.25, -0.2) is 0 Å². The summed E-state index contributed by atoms with van der Waals surface area (Å²) in [6.45, 7) is 2.53.